The van der Waals surface area contributed by atoms with Gasteiger partial charge in [-0.05, 0) is 49.2 Å². The average molecular weight is 284 g/mol. The Morgan fingerprint density at radius 1 is 1.05 bits per heavy atom. The van der Waals surface area contributed by atoms with E-state index in [4.69, 9.17) is 0 Å². The first-order valence-electron chi connectivity index (χ1n) is 7.15. The van der Waals surface area contributed by atoms with Gasteiger partial charge < -0.3 is 0 Å². The smallest absolute Gasteiger partial charge is 0.123 e. The number of nitrogens with zero attached hydrogens (tertiary/aromatic N) is 2. The maximum absolute atomic E-state index is 13.0. The van der Waals surface area contributed by atoms with E-state index in [2.05, 4.69) is 29.8 Å². The molecule has 0 saturated carbocycles. The first kappa shape index (κ1) is 15.4. The van der Waals surface area contributed by atoms with E-state index in [9.17, 15) is 4.39 Å². The molecule has 0 spiro atoms. The standard InChI is InChI=1S/C18H21FN2/c1-3-15(2)12-21(14-17-8-10-20-11-9-17)13-16-4-6-18(19)7-5-16/h3-11H,12-14H2,1-2H3/b15-3+. The van der Waals surface area contributed by atoms with Gasteiger partial charge >= 0.3 is 0 Å². The summed E-state index contributed by atoms with van der Waals surface area (Å²) < 4.78 is 13.0. The summed E-state index contributed by atoms with van der Waals surface area (Å²) in [6.07, 6.45) is 5.76. The number of rotatable bonds is 6. The number of benzene rings is 1. The molecule has 0 fully saturated rings. The maximum atomic E-state index is 13.0. The van der Waals surface area contributed by atoms with Crippen molar-refractivity contribution in [2.45, 2.75) is 26.9 Å². The van der Waals surface area contributed by atoms with E-state index in [1.54, 1.807) is 0 Å². The molecule has 1 heterocycles. The Morgan fingerprint density at radius 3 is 2.19 bits per heavy atom. The SMILES string of the molecule is C/C=C(\C)CN(Cc1ccncc1)Cc1ccc(F)cc1. The molecule has 0 saturated heterocycles. The van der Waals surface area contributed by atoms with Crippen LogP contribution in [0.15, 0.2) is 60.4 Å². The lowest BCUT2D eigenvalue weighted by Gasteiger charge is -2.23. The number of hydrogen-bond donors (Lipinski definition) is 0. The molecule has 0 aliphatic rings. The fourth-order valence-electron chi connectivity index (χ4n) is 2.21. The summed E-state index contributed by atoms with van der Waals surface area (Å²) in [7, 11) is 0. The molecule has 0 amide bonds. The van der Waals surface area contributed by atoms with Crippen molar-refractivity contribution < 1.29 is 4.39 Å². The van der Waals surface area contributed by atoms with Crippen LogP contribution in [0.5, 0.6) is 0 Å². The molecule has 0 N–H and O–H groups in total. The van der Waals surface area contributed by atoms with Gasteiger partial charge in [-0.15, -0.1) is 0 Å². The predicted molar refractivity (Wildman–Crippen MR) is 84.2 cm³/mol. The normalized spacial score (nSPS) is 11.9. The lowest BCUT2D eigenvalue weighted by Crippen LogP contribution is -2.24. The topological polar surface area (TPSA) is 16.1 Å². The Hall–Kier alpha value is -2.00. The van der Waals surface area contributed by atoms with Gasteiger partial charge in [0.25, 0.3) is 0 Å². The summed E-state index contributed by atoms with van der Waals surface area (Å²) in [6, 6.07) is 10.8. The largest absolute Gasteiger partial charge is 0.291 e. The molecule has 3 heteroatoms. The summed E-state index contributed by atoms with van der Waals surface area (Å²) in [5.74, 6) is -0.191. The second kappa shape index (κ2) is 7.70. The van der Waals surface area contributed by atoms with Gasteiger partial charge in [0.15, 0.2) is 0 Å². The van der Waals surface area contributed by atoms with E-state index in [0.29, 0.717) is 0 Å². The van der Waals surface area contributed by atoms with Crippen LogP contribution >= 0.6 is 0 Å². The number of pyridine rings is 1. The molecule has 21 heavy (non-hydrogen) atoms. The van der Waals surface area contributed by atoms with Crippen LogP contribution in [-0.2, 0) is 13.1 Å². The van der Waals surface area contributed by atoms with Crippen LogP contribution in [0.3, 0.4) is 0 Å². The lowest BCUT2D eigenvalue weighted by atomic mass is 10.1. The third-order valence-corrected chi connectivity index (χ3v) is 3.44. The van der Waals surface area contributed by atoms with Crippen molar-refractivity contribution in [2.75, 3.05) is 6.54 Å². The van der Waals surface area contributed by atoms with Crippen LogP contribution in [0.2, 0.25) is 0 Å². The fourth-order valence-corrected chi connectivity index (χ4v) is 2.21. The Labute approximate surface area is 125 Å². The van der Waals surface area contributed by atoms with Crippen LogP contribution in [0.1, 0.15) is 25.0 Å². The minimum absolute atomic E-state index is 0.191. The van der Waals surface area contributed by atoms with Crippen molar-refractivity contribution >= 4 is 0 Å². The number of hydrogen-bond acceptors (Lipinski definition) is 2. The van der Waals surface area contributed by atoms with Gasteiger partial charge in [-0.25, -0.2) is 4.39 Å². The van der Waals surface area contributed by atoms with Crippen LogP contribution in [0.4, 0.5) is 4.39 Å². The molecule has 0 atom stereocenters. The predicted octanol–water partition coefficient (Wildman–Crippen LogP) is 4.19. The maximum Gasteiger partial charge on any atom is 0.123 e. The minimum Gasteiger partial charge on any atom is -0.291 e. The molecule has 2 aromatic rings. The van der Waals surface area contributed by atoms with Crippen molar-refractivity contribution in [3.05, 3.63) is 77.4 Å². The van der Waals surface area contributed by atoms with Gasteiger partial charge in [0.1, 0.15) is 5.82 Å². The quantitative estimate of drug-likeness (QED) is 0.739. The van der Waals surface area contributed by atoms with Gasteiger partial charge in [0.05, 0.1) is 0 Å². The zero-order chi connectivity index (χ0) is 15.1. The Bertz CT molecular complexity index is 576. The summed E-state index contributed by atoms with van der Waals surface area (Å²) in [5.41, 5.74) is 3.68. The van der Waals surface area contributed by atoms with Crippen LogP contribution in [0, 0.1) is 5.82 Å². The van der Waals surface area contributed by atoms with Crippen LogP contribution < -0.4 is 0 Å². The van der Waals surface area contributed by atoms with E-state index in [1.807, 2.05) is 36.7 Å². The van der Waals surface area contributed by atoms with Gasteiger partial charge in [0, 0.05) is 32.0 Å². The van der Waals surface area contributed by atoms with Crippen molar-refractivity contribution in [1.29, 1.82) is 0 Å². The Morgan fingerprint density at radius 2 is 1.62 bits per heavy atom. The van der Waals surface area contributed by atoms with E-state index in [-0.39, 0.29) is 5.82 Å². The highest BCUT2D eigenvalue weighted by Gasteiger charge is 2.08. The molecule has 0 bridgehead atoms. The number of aromatic nitrogens is 1. The molecular weight excluding hydrogens is 263 g/mol. The zero-order valence-electron chi connectivity index (χ0n) is 12.6. The molecule has 110 valence electrons. The summed E-state index contributed by atoms with van der Waals surface area (Å²) in [4.78, 5) is 6.40. The van der Waals surface area contributed by atoms with Gasteiger partial charge in [-0.2, -0.15) is 0 Å². The highest BCUT2D eigenvalue weighted by molar-refractivity contribution is 5.17. The number of halogens is 1. The van der Waals surface area contributed by atoms with Crippen LogP contribution in [0.25, 0.3) is 0 Å². The second-order valence-electron chi connectivity index (χ2n) is 5.26. The van der Waals surface area contributed by atoms with E-state index < -0.39 is 0 Å². The molecular formula is C18H21FN2. The molecule has 1 aromatic heterocycles. The second-order valence-corrected chi connectivity index (χ2v) is 5.26. The average Bonchev–Trinajstić information content (AvgIpc) is 2.50. The van der Waals surface area contributed by atoms with Gasteiger partial charge in [-0.3, -0.25) is 9.88 Å². The molecule has 0 aliphatic heterocycles. The Kier molecular flexibility index (Phi) is 5.64. The van der Waals surface area contributed by atoms with E-state index in [1.165, 1.54) is 23.3 Å². The van der Waals surface area contributed by atoms with Crippen molar-refractivity contribution in [2.24, 2.45) is 0 Å². The fraction of sp³-hybridized carbons (Fsp3) is 0.278. The highest BCUT2D eigenvalue weighted by Crippen LogP contribution is 2.12. The molecule has 1 aromatic carbocycles. The molecule has 2 nitrogen and oxygen atoms in total. The number of allylic oxidation sites excluding steroid dienone is 1. The van der Waals surface area contributed by atoms with Crippen molar-refractivity contribution in [3.8, 4) is 0 Å². The summed E-state index contributed by atoms with van der Waals surface area (Å²) in [6.45, 7) is 6.73. The van der Waals surface area contributed by atoms with E-state index >= 15 is 0 Å². The first-order chi connectivity index (χ1) is 10.2. The minimum atomic E-state index is -0.191. The lowest BCUT2D eigenvalue weighted by molar-refractivity contribution is 0.279. The van der Waals surface area contributed by atoms with Crippen molar-refractivity contribution in [1.82, 2.24) is 9.88 Å². The summed E-state index contributed by atoms with van der Waals surface area (Å²) >= 11 is 0. The molecule has 2 rings (SSSR count). The van der Waals surface area contributed by atoms with E-state index in [0.717, 1.165) is 25.2 Å². The monoisotopic (exact) mass is 284 g/mol. The third kappa shape index (κ3) is 5.12. The highest BCUT2D eigenvalue weighted by atomic mass is 19.1. The van der Waals surface area contributed by atoms with Crippen LogP contribution in [-0.4, -0.2) is 16.4 Å². The summed E-state index contributed by atoms with van der Waals surface area (Å²) in [5, 5.41) is 0. The third-order valence-electron chi connectivity index (χ3n) is 3.44. The van der Waals surface area contributed by atoms with Crippen molar-refractivity contribution in [3.63, 3.8) is 0 Å². The Balaban J connectivity index is 2.09. The van der Waals surface area contributed by atoms with Gasteiger partial charge in [0.2, 0.25) is 0 Å². The zero-order valence-corrected chi connectivity index (χ0v) is 12.6. The molecule has 0 unspecified atom stereocenters. The molecule has 0 radical (unpaired) electrons. The van der Waals surface area contributed by atoms with Gasteiger partial charge in [-0.1, -0.05) is 23.8 Å². The molecule has 0 aliphatic carbocycles. The first-order valence-corrected chi connectivity index (χ1v) is 7.15.